The van der Waals surface area contributed by atoms with Gasteiger partial charge in [-0.05, 0) is 42.8 Å². The van der Waals surface area contributed by atoms with E-state index in [0.717, 1.165) is 44.7 Å². The Kier molecular flexibility index (Phi) is 4.88. The Morgan fingerprint density at radius 3 is 2.48 bits per heavy atom. The highest BCUT2D eigenvalue weighted by Gasteiger charge is 2.15. The summed E-state index contributed by atoms with van der Waals surface area (Å²) in [5.41, 5.74) is 13.5. The van der Waals surface area contributed by atoms with Crippen molar-refractivity contribution in [1.29, 1.82) is 5.41 Å². The van der Waals surface area contributed by atoms with Crippen molar-refractivity contribution in [2.45, 2.75) is 6.92 Å². The van der Waals surface area contributed by atoms with Crippen LogP contribution < -0.4 is 5.73 Å². The molecular weight excluding hydrogens is 354 g/mol. The molecule has 0 aliphatic carbocycles. The molecular formula is C26H23N3. The monoisotopic (exact) mass is 377 g/mol. The van der Waals surface area contributed by atoms with Gasteiger partial charge < -0.3 is 10.3 Å². The second-order valence-electron chi connectivity index (χ2n) is 7.00. The van der Waals surface area contributed by atoms with Crippen molar-refractivity contribution in [2.75, 3.05) is 5.73 Å². The van der Waals surface area contributed by atoms with Crippen LogP contribution in [0.3, 0.4) is 0 Å². The number of benzene rings is 3. The maximum Gasteiger partial charge on any atom is 0.0685 e. The lowest BCUT2D eigenvalue weighted by molar-refractivity contribution is 1.05. The van der Waals surface area contributed by atoms with Gasteiger partial charge in [0.1, 0.15) is 0 Å². The zero-order chi connectivity index (χ0) is 20.4. The van der Waals surface area contributed by atoms with Crippen LogP contribution in [-0.4, -0.2) is 10.3 Å². The topological polar surface area (TPSA) is 54.8 Å². The van der Waals surface area contributed by atoms with E-state index in [1.807, 2.05) is 60.7 Å². The van der Waals surface area contributed by atoms with E-state index in [0.29, 0.717) is 5.71 Å². The van der Waals surface area contributed by atoms with Crippen LogP contribution in [0.2, 0.25) is 0 Å². The van der Waals surface area contributed by atoms with Gasteiger partial charge in [0.2, 0.25) is 0 Å². The molecule has 0 aliphatic rings. The molecule has 4 aromatic rings. The zero-order valence-electron chi connectivity index (χ0n) is 16.4. The van der Waals surface area contributed by atoms with Gasteiger partial charge in [-0.15, -0.1) is 0 Å². The van der Waals surface area contributed by atoms with Gasteiger partial charge in [0, 0.05) is 33.6 Å². The van der Waals surface area contributed by atoms with Gasteiger partial charge in [0.15, 0.2) is 0 Å². The lowest BCUT2D eigenvalue weighted by Crippen LogP contribution is -2.03. The van der Waals surface area contributed by atoms with Crippen molar-refractivity contribution >= 4 is 28.4 Å². The minimum Gasteiger partial charge on any atom is -0.399 e. The molecule has 0 amide bonds. The number of nitrogens with one attached hydrogen (secondary N) is 1. The number of anilines is 1. The molecule has 3 nitrogen and oxygen atoms in total. The zero-order valence-corrected chi connectivity index (χ0v) is 16.4. The van der Waals surface area contributed by atoms with E-state index >= 15 is 0 Å². The summed E-state index contributed by atoms with van der Waals surface area (Å²) in [6, 6.07) is 23.9. The van der Waals surface area contributed by atoms with Crippen LogP contribution in [0.5, 0.6) is 0 Å². The molecule has 3 aromatic carbocycles. The van der Waals surface area contributed by atoms with Gasteiger partial charge in [0.25, 0.3) is 0 Å². The molecule has 1 heterocycles. The Bertz CT molecular complexity index is 1240. The summed E-state index contributed by atoms with van der Waals surface area (Å²) in [6.07, 6.45) is 5.78. The largest absolute Gasteiger partial charge is 0.399 e. The molecule has 0 saturated carbocycles. The van der Waals surface area contributed by atoms with Crippen LogP contribution in [0, 0.1) is 12.3 Å². The molecule has 4 rings (SSSR count). The molecule has 0 spiro atoms. The molecule has 0 unspecified atom stereocenters. The van der Waals surface area contributed by atoms with E-state index in [4.69, 9.17) is 11.1 Å². The fourth-order valence-electron chi connectivity index (χ4n) is 3.74. The Morgan fingerprint density at radius 1 is 0.966 bits per heavy atom. The van der Waals surface area contributed by atoms with E-state index < -0.39 is 0 Å². The second-order valence-corrected chi connectivity index (χ2v) is 7.00. The van der Waals surface area contributed by atoms with Crippen molar-refractivity contribution in [3.63, 3.8) is 0 Å². The van der Waals surface area contributed by atoms with Crippen LogP contribution in [0.4, 0.5) is 5.69 Å². The van der Waals surface area contributed by atoms with Gasteiger partial charge in [-0.3, -0.25) is 5.41 Å². The smallest absolute Gasteiger partial charge is 0.0685 e. The summed E-state index contributed by atoms with van der Waals surface area (Å²) in [6.45, 7) is 5.89. The highest BCUT2D eigenvalue weighted by Crippen LogP contribution is 2.32. The Balaban J connectivity index is 1.90. The minimum absolute atomic E-state index is 0.512. The third kappa shape index (κ3) is 3.39. The van der Waals surface area contributed by atoms with Crippen molar-refractivity contribution in [1.82, 2.24) is 4.57 Å². The molecule has 3 heteroatoms. The number of hydrogen-bond donors (Lipinski definition) is 2. The Morgan fingerprint density at radius 2 is 1.72 bits per heavy atom. The summed E-state index contributed by atoms with van der Waals surface area (Å²) < 4.78 is 2.22. The fraction of sp³-hybridized carbons (Fsp3) is 0.0385. The third-order valence-electron chi connectivity index (χ3n) is 5.13. The number of allylic oxidation sites excluding steroid dienone is 2. The van der Waals surface area contributed by atoms with Gasteiger partial charge in [-0.25, -0.2) is 0 Å². The van der Waals surface area contributed by atoms with Gasteiger partial charge >= 0.3 is 0 Å². The number of nitrogens with zero attached hydrogens (tertiary/aromatic N) is 1. The average molecular weight is 377 g/mol. The summed E-state index contributed by atoms with van der Waals surface area (Å²) in [4.78, 5) is 0. The molecule has 0 atom stereocenters. The number of aromatic nitrogens is 1. The lowest BCUT2D eigenvalue weighted by atomic mass is 10.0. The average Bonchev–Trinajstić information content (AvgIpc) is 3.02. The molecule has 1 aromatic heterocycles. The second kappa shape index (κ2) is 7.64. The molecule has 3 N–H and O–H groups in total. The Hall–Kier alpha value is -3.85. The van der Waals surface area contributed by atoms with Gasteiger partial charge in [0.05, 0.1) is 11.2 Å². The normalized spacial score (nSPS) is 11.2. The first kappa shape index (κ1) is 18.5. The summed E-state index contributed by atoms with van der Waals surface area (Å²) in [5.74, 6) is 0. The van der Waals surface area contributed by atoms with E-state index in [2.05, 4.69) is 42.3 Å². The number of fused-ring (bicyclic) bond motifs is 1. The lowest BCUT2D eigenvalue weighted by Gasteiger charge is -2.12. The van der Waals surface area contributed by atoms with E-state index in [1.165, 1.54) is 0 Å². The standard InChI is InChI=1S/C26H23N3/c1-3-4-13-23-18(2)29(25-15-14-21(27)17-24(23)25)22-12-8-11-20(16-22)26(28)19-9-6-5-7-10-19/h3-17,28H,1,27H2,2H3/b13-4-,28-26?. The van der Waals surface area contributed by atoms with Crippen molar-refractivity contribution < 1.29 is 0 Å². The molecule has 0 saturated heterocycles. The SMILES string of the molecule is C=C/C=C\c1c(C)n(-c2cccc(C(=N)c3ccccc3)c2)c2ccc(N)cc12. The van der Waals surface area contributed by atoms with Gasteiger partial charge in [-0.2, -0.15) is 0 Å². The van der Waals surface area contributed by atoms with Crippen LogP contribution in [0.15, 0.2) is 91.5 Å². The molecule has 0 fully saturated rings. The summed E-state index contributed by atoms with van der Waals surface area (Å²) in [5, 5.41) is 9.72. The molecule has 0 aliphatic heterocycles. The molecule has 29 heavy (non-hydrogen) atoms. The number of nitrogen functional groups attached to an aromatic ring is 1. The predicted molar refractivity (Wildman–Crippen MR) is 124 cm³/mol. The highest BCUT2D eigenvalue weighted by atomic mass is 15.0. The molecule has 142 valence electrons. The first-order chi connectivity index (χ1) is 14.1. The van der Waals surface area contributed by atoms with Crippen LogP contribution in [-0.2, 0) is 0 Å². The van der Waals surface area contributed by atoms with Crippen molar-refractivity contribution in [2.24, 2.45) is 0 Å². The van der Waals surface area contributed by atoms with Crippen molar-refractivity contribution in [3.05, 3.63) is 114 Å². The molecule has 0 bridgehead atoms. The minimum atomic E-state index is 0.512. The van der Waals surface area contributed by atoms with E-state index in [-0.39, 0.29) is 0 Å². The Labute approximate surface area is 170 Å². The van der Waals surface area contributed by atoms with E-state index in [9.17, 15) is 0 Å². The summed E-state index contributed by atoms with van der Waals surface area (Å²) in [7, 11) is 0. The van der Waals surface area contributed by atoms with E-state index in [1.54, 1.807) is 6.08 Å². The highest BCUT2D eigenvalue weighted by molar-refractivity contribution is 6.11. The first-order valence-corrected chi connectivity index (χ1v) is 9.54. The maximum atomic E-state index is 8.62. The predicted octanol–water partition coefficient (Wildman–Crippen LogP) is 6.14. The first-order valence-electron chi connectivity index (χ1n) is 9.54. The van der Waals surface area contributed by atoms with Crippen LogP contribution >= 0.6 is 0 Å². The fourth-order valence-corrected chi connectivity index (χ4v) is 3.74. The number of hydrogen-bond acceptors (Lipinski definition) is 2. The number of nitrogens with two attached hydrogens (primary N) is 1. The quantitative estimate of drug-likeness (QED) is 0.245. The van der Waals surface area contributed by atoms with Crippen molar-refractivity contribution in [3.8, 4) is 5.69 Å². The molecule has 0 radical (unpaired) electrons. The van der Waals surface area contributed by atoms with Gasteiger partial charge in [-0.1, -0.05) is 67.3 Å². The summed E-state index contributed by atoms with van der Waals surface area (Å²) >= 11 is 0. The maximum absolute atomic E-state index is 8.62. The third-order valence-corrected chi connectivity index (χ3v) is 5.13. The number of rotatable bonds is 5. The van der Waals surface area contributed by atoms with Crippen LogP contribution in [0.1, 0.15) is 22.4 Å². The van der Waals surface area contributed by atoms with Crippen LogP contribution in [0.25, 0.3) is 22.7 Å².